The van der Waals surface area contributed by atoms with Gasteiger partial charge >= 0.3 is 5.97 Å². The van der Waals surface area contributed by atoms with E-state index in [1.807, 2.05) is 58.4 Å². The highest BCUT2D eigenvalue weighted by molar-refractivity contribution is 5.98. The van der Waals surface area contributed by atoms with Crippen LogP contribution in [0.4, 0.5) is 5.69 Å². The highest BCUT2D eigenvalue weighted by Gasteiger charge is 2.47. The zero-order valence-corrected chi connectivity index (χ0v) is 26.2. The lowest BCUT2D eigenvalue weighted by molar-refractivity contribution is -0.139. The largest absolute Gasteiger partial charge is 0.493 e. The molecule has 0 bridgehead atoms. The highest BCUT2D eigenvalue weighted by Crippen LogP contribution is 2.57. The van der Waals surface area contributed by atoms with Crippen molar-refractivity contribution in [1.29, 1.82) is 0 Å². The number of esters is 1. The summed E-state index contributed by atoms with van der Waals surface area (Å²) in [7, 11) is 0. The fourth-order valence-corrected chi connectivity index (χ4v) is 6.68. The number of carbonyl (C=O) groups is 3. The quantitative estimate of drug-likeness (QED) is 0.184. The summed E-state index contributed by atoms with van der Waals surface area (Å²) in [5.41, 5.74) is 8.12. The van der Waals surface area contributed by atoms with E-state index in [1.54, 1.807) is 6.07 Å². The second-order valence-electron chi connectivity index (χ2n) is 12.6. The predicted octanol–water partition coefficient (Wildman–Crippen LogP) is 5.57. The summed E-state index contributed by atoms with van der Waals surface area (Å²) in [5, 5.41) is 7.41. The second-order valence-corrected chi connectivity index (χ2v) is 12.6. The molecule has 1 saturated carbocycles. The van der Waals surface area contributed by atoms with Gasteiger partial charge in [-0.25, -0.2) is 4.79 Å². The van der Waals surface area contributed by atoms with Crippen LogP contribution in [0.2, 0.25) is 0 Å². The summed E-state index contributed by atoms with van der Waals surface area (Å²) in [5.74, 6) is 1.28. The molecule has 3 aliphatic rings. The van der Waals surface area contributed by atoms with Crippen LogP contribution in [0.15, 0.2) is 73.1 Å². The average molecular weight is 619 g/mol. The fourth-order valence-electron chi connectivity index (χ4n) is 6.68. The van der Waals surface area contributed by atoms with Crippen molar-refractivity contribution in [3.05, 3.63) is 101 Å². The van der Waals surface area contributed by atoms with Gasteiger partial charge in [-0.1, -0.05) is 36.4 Å². The van der Waals surface area contributed by atoms with Crippen LogP contribution in [-0.2, 0) is 20.9 Å². The Kier molecular flexibility index (Phi) is 8.07. The Morgan fingerprint density at radius 3 is 2.78 bits per heavy atom. The number of anilines is 1. The maximum Gasteiger partial charge on any atom is 0.328 e. The monoisotopic (exact) mass is 618 g/mol. The molecule has 2 amide bonds. The van der Waals surface area contributed by atoms with Crippen LogP contribution in [0.3, 0.4) is 0 Å². The molecule has 9 heteroatoms. The van der Waals surface area contributed by atoms with Gasteiger partial charge in [0.25, 0.3) is 5.91 Å². The van der Waals surface area contributed by atoms with Crippen LogP contribution in [0, 0.1) is 19.8 Å². The standard InChI is InChI=1S/C37H38N4O5/c1-23-7-3-12-33(24(23)2)45-15-6-13-34(42)41-22-27-18-30(27)35-29(10-5-11-32(35)41)28-19-38-40(21-28)20-25-8-4-9-26(17-25)36(43)39-31-14-16-46-37(31)44/h3-5,7-12,17,19,21,27,30-31H,6,13-16,18,20,22H2,1-2H3,(H,39,43)/t27-,30-,31-/m0/s1. The molecule has 1 saturated heterocycles. The maximum absolute atomic E-state index is 13.5. The van der Waals surface area contributed by atoms with E-state index in [0.29, 0.717) is 56.4 Å². The number of fused-ring (bicyclic) bond motifs is 3. The number of carbonyl (C=O) groups excluding carboxylic acids is 3. The number of rotatable bonds is 10. The van der Waals surface area contributed by atoms with E-state index >= 15 is 0 Å². The van der Waals surface area contributed by atoms with Gasteiger partial charge in [0, 0.05) is 42.4 Å². The van der Waals surface area contributed by atoms with Crippen molar-refractivity contribution in [3.63, 3.8) is 0 Å². The molecule has 46 heavy (non-hydrogen) atoms. The van der Waals surface area contributed by atoms with Crippen LogP contribution in [-0.4, -0.2) is 53.4 Å². The number of aryl methyl sites for hydroxylation is 1. The number of amides is 2. The number of benzene rings is 3. The molecule has 4 aromatic rings. The normalized spacial score (nSPS) is 19.7. The number of ether oxygens (including phenoxy) is 2. The molecule has 7 rings (SSSR count). The summed E-state index contributed by atoms with van der Waals surface area (Å²) in [6.07, 6.45) is 6.58. The SMILES string of the molecule is Cc1cccc(OCCCC(=O)N2C[C@@H]3C[C@@H]3c3c(-c4cnn(Cc5cccc(C(=O)N[C@H]6CCOC6=O)c5)c4)cccc32)c1C. The number of nitrogens with one attached hydrogen (secondary N) is 1. The van der Waals surface area contributed by atoms with Crippen LogP contribution in [0.25, 0.3) is 11.1 Å². The van der Waals surface area contributed by atoms with E-state index in [0.717, 1.165) is 46.7 Å². The second kappa shape index (κ2) is 12.5. The Hall–Kier alpha value is -4.92. The molecular weight excluding hydrogens is 580 g/mol. The molecule has 0 unspecified atom stereocenters. The molecule has 3 aromatic carbocycles. The van der Waals surface area contributed by atoms with Crippen molar-refractivity contribution in [2.45, 2.75) is 58.0 Å². The first-order valence-electron chi connectivity index (χ1n) is 16.1. The first kappa shape index (κ1) is 29.8. The van der Waals surface area contributed by atoms with Gasteiger partial charge in [-0.3, -0.25) is 14.3 Å². The minimum Gasteiger partial charge on any atom is -0.493 e. The Morgan fingerprint density at radius 2 is 1.93 bits per heavy atom. The predicted molar refractivity (Wildman–Crippen MR) is 174 cm³/mol. The summed E-state index contributed by atoms with van der Waals surface area (Å²) in [4.78, 5) is 40.0. The number of cyclic esters (lactones) is 1. The Balaban J connectivity index is 1.02. The van der Waals surface area contributed by atoms with Crippen LogP contribution in [0.5, 0.6) is 5.75 Å². The number of nitrogens with zero attached hydrogens (tertiary/aromatic N) is 3. The molecular formula is C37H38N4O5. The van der Waals surface area contributed by atoms with Crippen molar-refractivity contribution in [3.8, 4) is 16.9 Å². The zero-order chi connectivity index (χ0) is 31.8. The molecule has 3 heterocycles. The summed E-state index contributed by atoms with van der Waals surface area (Å²) in [6.45, 7) is 6.22. The van der Waals surface area contributed by atoms with Gasteiger partial charge in [0.15, 0.2) is 0 Å². The van der Waals surface area contributed by atoms with E-state index in [9.17, 15) is 14.4 Å². The van der Waals surface area contributed by atoms with E-state index < -0.39 is 6.04 Å². The third kappa shape index (κ3) is 6.01. The molecule has 236 valence electrons. The number of aromatic nitrogens is 2. The summed E-state index contributed by atoms with van der Waals surface area (Å²) >= 11 is 0. The molecule has 3 atom stereocenters. The van der Waals surface area contributed by atoms with E-state index in [4.69, 9.17) is 9.47 Å². The van der Waals surface area contributed by atoms with Crippen molar-refractivity contribution >= 4 is 23.5 Å². The lowest BCUT2D eigenvalue weighted by Crippen LogP contribution is -2.37. The number of hydrogen-bond acceptors (Lipinski definition) is 6. The minimum atomic E-state index is -0.596. The van der Waals surface area contributed by atoms with Crippen LogP contribution < -0.4 is 15.0 Å². The molecule has 0 radical (unpaired) electrons. The summed E-state index contributed by atoms with van der Waals surface area (Å²) in [6, 6.07) is 19.0. The van der Waals surface area contributed by atoms with Gasteiger partial charge in [0.05, 0.1) is 26.0 Å². The van der Waals surface area contributed by atoms with Gasteiger partial charge in [0.2, 0.25) is 5.91 Å². The highest BCUT2D eigenvalue weighted by atomic mass is 16.5. The van der Waals surface area contributed by atoms with Crippen molar-refractivity contribution in [1.82, 2.24) is 15.1 Å². The van der Waals surface area contributed by atoms with Crippen molar-refractivity contribution in [2.75, 3.05) is 24.7 Å². The van der Waals surface area contributed by atoms with Gasteiger partial charge in [-0.2, -0.15) is 5.10 Å². The topological polar surface area (TPSA) is 103 Å². The van der Waals surface area contributed by atoms with Crippen molar-refractivity contribution in [2.24, 2.45) is 5.92 Å². The third-order valence-electron chi connectivity index (χ3n) is 9.45. The molecule has 2 fully saturated rings. The zero-order valence-electron chi connectivity index (χ0n) is 26.2. The number of hydrogen-bond donors (Lipinski definition) is 1. The molecule has 0 spiro atoms. The van der Waals surface area contributed by atoms with Crippen molar-refractivity contribution < 1.29 is 23.9 Å². The van der Waals surface area contributed by atoms with E-state index in [2.05, 4.69) is 42.5 Å². The van der Waals surface area contributed by atoms with Crippen LogP contribution in [0.1, 0.15) is 64.2 Å². The first-order valence-corrected chi connectivity index (χ1v) is 16.1. The van der Waals surface area contributed by atoms with Crippen LogP contribution >= 0.6 is 0 Å². The fraction of sp³-hybridized carbons (Fsp3) is 0.351. The third-order valence-corrected chi connectivity index (χ3v) is 9.45. The Morgan fingerprint density at radius 1 is 1.09 bits per heavy atom. The molecule has 1 aliphatic carbocycles. The molecule has 1 N–H and O–H groups in total. The Bertz CT molecular complexity index is 1810. The van der Waals surface area contributed by atoms with E-state index in [-0.39, 0.29) is 17.8 Å². The van der Waals surface area contributed by atoms with Gasteiger partial charge in [0.1, 0.15) is 11.8 Å². The molecule has 2 aliphatic heterocycles. The Labute approximate surface area is 268 Å². The summed E-state index contributed by atoms with van der Waals surface area (Å²) < 4.78 is 12.8. The molecule has 9 nitrogen and oxygen atoms in total. The van der Waals surface area contributed by atoms with Gasteiger partial charge in [-0.15, -0.1) is 0 Å². The average Bonchev–Trinajstić information content (AvgIpc) is 3.52. The van der Waals surface area contributed by atoms with Gasteiger partial charge in [-0.05, 0) is 90.6 Å². The lowest BCUT2D eigenvalue weighted by atomic mass is 9.92. The van der Waals surface area contributed by atoms with Gasteiger partial charge < -0.3 is 19.7 Å². The van der Waals surface area contributed by atoms with E-state index in [1.165, 1.54) is 11.1 Å². The minimum absolute atomic E-state index is 0.137. The smallest absolute Gasteiger partial charge is 0.328 e. The maximum atomic E-state index is 13.5. The lowest BCUT2D eigenvalue weighted by Gasteiger charge is -2.30. The first-order chi connectivity index (χ1) is 22.4. The molecule has 1 aromatic heterocycles.